The number of carbonyl (C=O) groups excluding carboxylic acids is 1. The topological polar surface area (TPSA) is 104 Å². The molecule has 0 aliphatic carbocycles. The minimum Gasteiger partial charge on any atom is -0.456 e. The van der Waals surface area contributed by atoms with Gasteiger partial charge in [0.15, 0.2) is 0 Å². The molecule has 0 aliphatic rings. The number of nitro groups is 1. The van der Waals surface area contributed by atoms with Crippen molar-refractivity contribution in [1.82, 2.24) is 9.78 Å². The molecule has 0 unspecified atom stereocenters. The average molecular weight is 433 g/mol. The summed E-state index contributed by atoms with van der Waals surface area (Å²) < 4.78 is 45.1. The average Bonchev–Trinajstić information content (AvgIpc) is 2.72. The number of nitrogens with zero attached hydrogens (tertiary/aromatic N) is 3. The number of hydrogen-bond acceptors (Lipinski definition) is 6. The number of aryl methyl sites for hydroxylation is 1. The van der Waals surface area contributed by atoms with Crippen LogP contribution in [0.2, 0.25) is 0 Å². The number of halogens is 3. The zero-order chi connectivity index (χ0) is 22.8. The predicted octanol–water partition coefficient (Wildman–Crippen LogP) is 3.82. The number of esters is 1. The number of hydrogen-bond donors (Lipinski definition) is 0. The summed E-state index contributed by atoms with van der Waals surface area (Å²) in [6.45, 7) is 1.18. The SMILES string of the molecule is Cc1cc(=O)c(C(=O)OCc2ccc([N+](=O)[O-])cc2)nn1-c1cccc(C(F)(F)F)c1. The number of carbonyl (C=O) groups is 1. The molecule has 0 radical (unpaired) electrons. The first-order valence-corrected chi connectivity index (χ1v) is 8.75. The number of ether oxygens (including phenoxy) is 1. The molecular formula is C20H14F3N3O5. The number of aromatic nitrogens is 2. The minimum atomic E-state index is -4.57. The normalized spacial score (nSPS) is 11.2. The van der Waals surface area contributed by atoms with Gasteiger partial charge in [-0.1, -0.05) is 6.07 Å². The third kappa shape index (κ3) is 4.94. The van der Waals surface area contributed by atoms with Crippen LogP contribution in [0.15, 0.2) is 59.4 Å². The summed E-state index contributed by atoms with van der Waals surface area (Å²) in [5, 5.41) is 14.6. The van der Waals surface area contributed by atoms with Crippen molar-refractivity contribution in [2.24, 2.45) is 0 Å². The van der Waals surface area contributed by atoms with Crippen LogP contribution in [0.1, 0.15) is 27.3 Å². The Labute approximate surface area is 172 Å². The van der Waals surface area contributed by atoms with Crippen LogP contribution in [0.4, 0.5) is 18.9 Å². The minimum absolute atomic E-state index is 0.0109. The molecule has 1 aromatic heterocycles. The standard InChI is InChI=1S/C20H14F3N3O5/c1-12-9-17(27)18(19(28)31-11-13-5-7-15(8-6-13)26(29)30)24-25(12)16-4-2-3-14(10-16)20(21,22)23/h2-10H,11H2,1H3. The van der Waals surface area contributed by atoms with Crippen molar-refractivity contribution in [3.63, 3.8) is 0 Å². The number of rotatable bonds is 5. The first-order valence-electron chi connectivity index (χ1n) is 8.75. The van der Waals surface area contributed by atoms with E-state index in [1.807, 2.05) is 0 Å². The van der Waals surface area contributed by atoms with Gasteiger partial charge in [0.25, 0.3) is 5.69 Å². The largest absolute Gasteiger partial charge is 0.456 e. The second-order valence-corrected chi connectivity index (χ2v) is 6.46. The lowest BCUT2D eigenvalue weighted by Crippen LogP contribution is -2.24. The van der Waals surface area contributed by atoms with Crippen molar-refractivity contribution in [2.45, 2.75) is 19.7 Å². The Morgan fingerprint density at radius 1 is 1.16 bits per heavy atom. The van der Waals surface area contributed by atoms with E-state index in [1.165, 1.54) is 43.3 Å². The molecule has 31 heavy (non-hydrogen) atoms. The van der Waals surface area contributed by atoms with E-state index in [9.17, 15) is 32.9 Å². The highest BCUT2D eigenvalue weighted by atomic mass is 19.4. The van der Waals surface area contributed by atoms with E-state index in [1.54, 1.807) is 0 Å². The van der Waals surface area contributed by atoms with Gasteiger partial charge in [-0.25, -0.2) is 9.48 Å². The maximum absolute atomic E-state index is 13.0. The van der Waals surface area contributed by atoms with E-state index in [-0.39, 0.29) is 23.7 Å². The highest BCUT2D eigenvalue weighted by Gasteiger charge is 2.30. The van der Waals surface area contributed by atoms with Crippen molar-refractivity contribution in [3.05, 3.63) is 97.4 Å². The zero-order valence-electron chi connectivity index (χ0n) is 15.9. The molecule has 2 aromatic carbocycles. The molecule has 0 atom stereocenters. The van der Waals surface area contributed by atoms with Crippen molar-refractivity contribution < 1.29 is 27.6 Å². The summed E-state index contributed by atoms with van der Waals surface area (Å²) in [7, 11) is 0. The number of nitro benzene ring substituents is 1. The summed E-state index contributed by atoms with van der Waals surface area (Å²) in [5.74, 6) is -1.08. The van der Waals surface area contributed by atoms with Gasteiger partial charge in [-0.15, -0.1) is 0 Å². The van der Waals surface area contributed by atoms with Gasteiger partial charge in [-0.05, 0) is 42.8 Å². The van der Waals surface area contributed by atoms with Crippen LogP contribution in [-0.2, 0) is 17.5 Å². The highest BCUT2D eigenvalue weighted by molar-refractivity contribution is 5.86. The predicted molar refractivity (Wildman–Crippen MR) is 102 cm³/mol. The summed E-state index contributed by atoms with van der Waals surface area (Å²) in [6, 6.07) is 10.6. The lowest BCUT2D eigenvalue weighted by atomic mass is 10.2. The van der Waals surface area contributed by atoms with Crippen LogP contribution in [0, 0.1) is 17.0 Å². The molecule has 8 nitrogen and oxygen atoms in total. The Bertz CT molecular complexity index is 1200. The third-order valence-corrected chi connectivity index (χ3v) is 4.24. The van der Waals surface area contributed by atoms with Crippen LogP contribution in [-0.4, -0.2) is 20.7 Å². The van der Waals surface area contributed by atoms with Gasteiger partial charge in [0, 0.05) is 23.9 Å². The molecule has 0 saturated carbocycles. The van der Waals surface area contributed by atoms with Crippen LogP contribution in [0.3, 0.4) is 0 Å². The lowest BCUT2D eigenvalue weighted by Gasteiger charge is -2.13. The summed E-state index contributed by atoms with van der Waals surface area (Å²) >= 11 is 0. The molecule has 3 rings (SSSR count). The van der Waals surface area contributed by atoms with E-state index in [4.69, 9.17) is 4.74 Å². The molecule has 0 fully saturated rings. The summed E-state index contributed by atoms with van der Waals surface area (Å²) in [6.07, 6.45) is -4.57. The molecule has 11 heteroatoms. The third-order valence-electron chi connectivity index (χ3n) is 4.24. The molecule has 0 aliphatic heterocycles. The van der Waals surface area contributed by atoms with E-state index >= 15 is 0 Å². The molecule has 0 amide bonds. The van der Waals surface area contributed by atoms with Gasteiger partial charge in [-0.2, -0.15) is 18.3 Å². The second kappa shape index (κ2) is 8.38. The Kier molecular flexibility index (Phi) is 5.86. The summed E-state index contributed by atoms with van der Waals surface area (Å²) in [5.41, 5.74) is -1.75. The fourth-order valence-corrected chi connectivity index (χ4v) is 2.70. The molecular weight excluding hydrogens is 419 g/mol. The molecule has 0 spiro atoms. The molecule has 0 N–H and O–H groups in total. The van der Waals surface area contributed by atoms with Crippen LogP contribution >= 0.6 is 0 Å². The van der Waals surface area contributed by atoms with Crippen molar-refractivity contribution in [3.8, 4) is 5.69 Å². The van der Waals surface area contributed by atoms with Gasteiger partial charge in [0.2, 0.25) is 11.1 Å². The smallest absolute Gasteiger partial charge is 0.416 e. The fourth-order valence-electron chi connectivity index (χ4n) is 2.70. The van der Waals surface area contributed by atoms with Gasteiger partial charge >= 0.3 is 12.1 Å². The molecule has 3 aromatic rings. The number of alkyl halides is 3. The first kappa shape index (κ1) is 21.7. The van der Waals surface area contributed by atoms with Gasteiger partial charge in [0.05, 0.1) is 16.2 Å². The fraction of sp³-hybridized carbons (Fsp3) is 0.150. The monoisotopic (exact) mass is 433 g/mol. The Balaban J connectivity index is 1.86. The van der Waals surface area contributed by atoms with E-state index in [0.29, 0.717) is 5.56 Å². The zero-order valence-corrected chi connectivity index (χ0v) is 15.9. The summed E-state index contributed by atoms with van der Waals surface area (Å²) in [4.78, 5) is 34.6. The van der Waals surface area contributed by atoms with Crippen LogP contribution in [0.5, 0.6) is 0 Å². The van der Waals surface area contributed by atoms with Crippen molar-refractivity contribution in [1.29, 1.82) is 0 Å². The lowest BCUT2D eigenvalue weighted by molar-refractivity contribution is -0.384. The van der Waals surface area contributed by atoms with E-state index < -0.39 is 33.8 Å². The van der Waals surface area contributed by atoms with Gasteiger partial charge in [0.1, 0.15) is 6.61 Å². The highest BCUT2D eigenvalue weighted by Crippen LogP contribution is 2.30. The van der Waals surface area contributed by atoms with E-state index in [2.05, 4.69) is 5.10 Å². The number of non-ortho nitro benzene ring substituents is 1. The van der Waals surface area contributed by atoms with Gasteiger partial charge in [-0.3, -0.25) is 14.9 Å². The van der Waals surface area contributed by atoms with E-state index in [0.717, 1.165) is 22.9 Å². The Hall–Kier alpha value is -4.02. The Morgan fingerprint density at radius 2 is 1.84 bits per heavy atom. The Morgan fingerprint density at radius 3 is 2.45 bits per heavy atom. The maximum Gasteiger partial charge on any atom is 0.416 e. The second-order valence-electron chi connectivity index (χ2n) is 6.46. The quantitative estimate of drug-likeness (QED) is 0.344. The van der Waals surface area contributed by atoms with Crippen molar-refractivity contribution in [2.75, 3.05) is 0 Å². The van der Waals surface area contributed by atoms with Gasteiger partial charge < -0.3 is 4.74 Å². The number of benzene rings is 2. The van der Waals surface area contributed by atoms with Crippen molar-refractivity contribution >= 4 is 11.7 Å². The molecule has 0 bridgehead atoms. The molecule has 0 saturated heterocycles. The molecule has 160 valence electrons. The molecule has 1 heterocycles. The van der Waals surface area contributed by atoms with Crippen LogP contribution in [0.25, 0.3) is 5.69 Å². The first-order chi connectivity index (χ1) is 14.6. The maximum atomic E-state index is 13.0. The van der Waals surface area contributed by atoms with Crippen LogP contribution < -0.4 is 5.43 Å².